The highest BCUT2D eigenvalue weighted by molar-refractivity contribution is 6.01. The van der Waals surface area contributed by atoms with Crippen molar-refractivity contribution in [3.8, 4) is 0 Å². The number of carbonyl (C=O) groups is 1. The average molecular weight is 282 g/mol. The molecule has 0 unspecified atom stereocenters. The number of aromatic amines is 1. The largest absolute Gasteiger partial charge is 0.328 e. The Balaban J connectivity index is 1.75. The van der Waals surface area contributed by atoms with Gasteiger partial charge in [0, 0.05) is 23.2 Å². The molecule has 7 heteroatoms. The molecule has 3 rings (SSSR count). The molecule has 7 nitrogen and oxygen atoms in total. The van der Waals surface area contributed by atoms with Crippen molar-refractivity contribution in [1.29, 1.82) is 0 Å². The fraction of sp³-hybridized carbons (Fsp3) is 0.143. The molecular weight excluding hydrogens is 268 g/mol. The third kappa shape index (κ3) is 2.81. The van der Waals surface area contributed by atoms with Crippen LogP contribution in [-0.4, -0.2) is 26.2 Å². The van der Waals surface area contributed by atoms with E-state index in [-0.39, 0.29) is 12.1 Å². The van der Waals surface area contributed by atoms with Gasteiger partial charge in [-0.15, -0.1) is 0 Å². The number of fused-ring (bicyclic) bond motifs is 1. The first-order chi connectivity index (χ1) is 10.2. The van der Waals surface area contributed by atoms with Gasteiger partial charge < -0.3 is 10.6 Å². The molecule has 0 aliphatic heterocycles. The molecule has 106 valence electrons. The first kappa shape index (κ1) is 13.0. The van der Waals surface area contributed by atoms with E-state index in [4.69, 9.17) is 0 Å². The molecule has 3 aromatic rings. The molecule has 0 aliphatic rings. The quantitative estimate of drug-likeness (QED) is 0.686. The highest BCUT2D eigenvalue weighted by Crippen LogP contribution is 2.22. The van der Waals surface area contributed by atoms with Crippen molar-refractivity contribution in [2.75, 3.05) is 5.32 Å². The van der Waals surface area contributed by atoms with Crippen LogP contribution in [0.5, 0.6) is 0 Å². The number of H-pyrrole nitrogens is 1. The zero-order valence-electron chi connectivity index (χ0n) is 11.4. The monoisotopic (exact) mass is 282 g/mol. The number of pyridine rings is 1. The molecule has 0 spiro atoms. The molecule has 2 aromatic heterocycles. The molecular formula is C14H14N6O. The van der Waals surface area contributed by atoms with Crippen LogP contribution < -0.4 is 10.6 Å². The number of amides is 2. The van der Waals surface area contributed by atoms with Crippen LogP contribution in [0.3, 0.4) is 0 Å². The maximum atomic E-state index is 12.1. The zero-order chi connectivity index (χ0) is 14.7. The Hall–Kier alpha value is -2.96. The highest BCUT2D eigenvalue weighted by atomic mass is 16.2. The molecule has 0 aliphatic carbocycles. The van der Waals surface area contributed by atoms with Gasteiger partial charge in [-0.1, -0.05) is 12.1 Å². The predicted molar refractivity (Wildman–Crippen MR) is 78.7 cm³/mol. The number of urea groups is 1. The van der Waals surface area contributed by atoms with Gasteiger partial charge in [0.1, 0.15) is 12.2 Å². The first-order valence-electron chi connectivity index (χ1n) is 6.49. The van der Waals surface area contributed by atoms with Crippen LogP contribution in [0.15, 0.2) is 43.0 Å². The van der Waals surface area contributed by atoms with E-state index in [2.05, 4.69) is 30.8 Å². The van der Waals surface area contributed by atoms with Crippen LogP contribution in [0.4, 0.5) is 10.5 Å². The van der Waals surface area contributed by atoms with Gasteiger partial charge >= 0.3 is 6.03 Å². The second-order valence-corrected chi connectivity index (χ2v) is 4.59. The Morgan fingerprint density at radius 1 is 1.33 bits per heavy atom. The Morgan fingerprint density at radius 2 is 2.24 bits per heavy atom. The Morgan fingerprint density at radius 3 is 3.05 bits per heavy atom. The number of carbonyl (C=O) groups excluding carboxylic acids is 1. The summed E-state index contributed by atoms with van der Waals surface area (Å²) in [6.07, 6.45) is 4.86. The topological polar surface area (TPSA) is 95.6 Å². The summed E-state index contributed by atoms with van der Waals surface area (Å²) >= 11 is 0. The number of anilines is 1. The van der Waals surface area contributed by atoms with Crippen molar-refractivity contribution in [2.45, 2.75) is 13.0 Å². The summed E-state index contributed by atoms with van der Waals surface area (Å²) in [7, 11) is 0. The van der Waals surface area contributed by atoms with E-state index in [1.807, 2.05) is 31.2 Å². The van der Waals surface area contributed by atoms with Crippen LogP contribution in [0.25, 0.3) is 10.8 Å². The maximum absolute atomic E-state index is 12.1. The summed E-state index contributed by atoms with van der Waals surface area (Å²) < 4.78 is 0. The molecule has 1 atom stereocenters. The van der Waals surface area contributed by atoms with E-state index in [9.17, 15) is 4.79 Å². The van der Waals surface area contributed by atoms with Gasteiger partial charge in [-0.3, -0.25) is 10.1 Å². The number of benzene rings is 1. The van der Waals surface area contributed by atoms with Crippen molar-refractivity contribution in [3.05, 3.63) is 48.8 Å². The van der Waals surface area contributed by atoms with Gasteiger partial charge in [0.2, 0.25) is 0 Å². The van der Waals surface area contributed by atoms with E-state index in [0.717, 1.165) is 16.5 Å². The van der Waals surface area contributed by atoms with Crippen LogP contribution >= 0.6 is 0 Å². The highest BCUT2D eigenvalue weighted by Gasteiger charge is 2.12. The molecule has 0 bridgehead atoms. The van der Waals surface area contributed by atoms with Crippen LogP contribution in [0.2, 0.25) is 0 Å². The van der Waals surface area contributed by atoms with Crippen molar-refractivity contribution in [3.63, 3.8) is 0 Å². The zero-order valence-corrected chi connectivity index (χ0v) is 11.4. The number of nitrogens with one attached hydrogen (secondary N) is 3. The number of rotatable bonds is 3. The molecule has 2 heterocycles. The lowest BCUT2D eigenvalue weighted by Gasteiger charge is -2.13. The van der Waals surface area contributed by atoms with Gasteiger partial charge in [-0.25, -0.2) is 9.78 Å². The van der Waals surface area contributed by atoms with E-state index in [1.54, 1.807) is 12.4 Å². The van der Waals surface area contributed by atoms with E-state index in [1.165, 1.54) is 6.33 Å². The Kier molecular flexibility index (Phi) is 3.46. The standard InChI is InChI=1S/C14H14N6O/c1-9(13-16-8-17-20-13)18-14(21)19-12-4-2-3-10-7-15-6-5-11(10)12/h2-9H,1H3,(H,16,17,20)(H2,18,19,21)/t9-/m1/s1. The number of hydrogen-bond donors (Lipinski definition) is 3. The summed E-state index contributed by atoms with van der Waals surface area (Å²) in [4.78, 5) is 20.1. The van der Waals surface area contributed by atoms with E-state index in [0.29, 0.717) is 5.82 Å². The summed E-state index contributed by atoms with van der Waals surface area (Å²) in [5.41, 5.74) is 0.733. The molecule has 2 amide bonds. The summed E-state index contributed by atoms with van der Waals surface area (Å²) in [5, 5.41) is 14.0. The van der Waals surface area contributed by atoms with Gasteiger partial charge in [0.05, 0.1) is 11.7 Å². The molecule has 0 fully saturated rings. The Labute approximate surface area is 120 Å². The molecule has 1 aromatic carbocycles. The number of nitrogens with zero attached hydrogens (tertiary/aromatic N) is 3. The lowest BCUT2D eigenvalue weighted by molar-refractivity contribution is 0.249. The third-order valence-electron chi connectivity index (χ3n) is 3.12. The minimum Gasteiger partial charge on any atom is -0.328 e. The third-order valence-corrected chi connectivity index (χ3v) is 3.12. The van der Waals surface area contributed by atoms with Gasteiger partial charge in [0.25, 0.3) is 0 Å². The van der Waals surface area contributed by atoms with Crippen LogP contribution in [-0.2, 0) is 0 Å². The fourth-order valence-corrected chi connectivity index (χ4v) is 2.08. The van der Waals surface area contributed by atoms with Gasteiger partial charge in [0.15, 0.2) is 0 Å². The van der Waals surface area contributed by atoms with Gasteiger partial charge in [-0.05, 0) is 19.1 Å². The van der Waals surface area contributed by atoms with Crippen molar-refractivity contribution < 1.29 is 4.79 Å². The second kappa shape index (κ2) is 5.58. The lowest BCUT2D eigenvalue weighted by Crippen LogP contribution is -2.31. The molecule has 0 saturated carbocycles. The molecule has 3 N–H and O–H groups in total. The summed E-state index contributed by atoms with van der Waals surface area (Å²) in [5.74, 6) is 0.604. The van der Waals surface area contributed by atoms with Gasteiger partial charge in [-0.2, -0.15) is 5.10 Å². The molecule has 21 heavy (non-hydrogen) atoms. The normalized spacial score (nSPS) is 12.0. The minimum atomic E-state index is -0.303. The predicted octanol–water partition coefficient (Wildman–Crippen LogP) is 2.24. The van der Waals surface area contributed by atoms with Crippen molar-refractivity contribution in [1.82, 2.24) is 25.5 Å². The molecule has 0 radical (unpaired) electrons. The fourth-order valence-electron chi connectivity index (χ4n) is 2.08. The summed E-state index contributed by atoms with van der Waals surface area (Å²) in [6, 6.07) is 6.97. The first-order valence-corrected chi connectivity index (χ1v) is 6.49. The van der Waals surface area contributed by atoms with Crippen LogP contribution in [0, 0.1) is 0 Å². The Bertz CT molecular complexity index is 750. The van der Waals surface area contributed by atoms with E-state index >= 15 is 0 Å². The maximum Gasteiger partial charge on any atom is 0.319 e. The van der Waals surface area contributed by atoms with Crippen LogP contribution in [0.1, 0.15) is 18.8 Å². The smallest absolute Gasteiger partial charge is 0.319 e. The average Bonchev–Trinajstić information content (AvgIpc) is 3.02. The number of hydrogen-bond acceptors (Lipinski definition) is 4. The SMILES string of the molecule is C[C@@H](NC(=O)Nc1cccc2cnccc12)c1ncn[nH]1. The van der Waals surface area contributed by atoms with E-state index < -0.39 is 0 Å². The molecule has 0 saturated heterocycles. The second-order valence-electron chi connectivity index (χ2n) is 4.59. The van der Waals surface area contributed by atoms with Crippen molar-refractivity contribution in [2.24, 2.45) is 0 Å². The summed E-state index contributed by atoms with van der Waals surface area (Å²) in [6.45, 7) is 1.83. The van der Waals surface area contributed by atoms with Crippen molar-refractivity contribution >= 4 is 22.5 Å². The number of aromatic nitrogens is 4. The lowest BCUT2D eigenvalue weighted by atomic mass is 10.1. The minimum absolute atomic E-state index is 0.260.